The molecule has 0 aromatic heterocycles. The number of amides is 1. The van der Waals surface area contributed by atoms with Crippen LogP contribution in [0.25, 0.3) is 0 Å². The van der Waals surface area contributed by atoms with E-state index in [-0.39, 0.29) is 11.9 Å². The molecule has 0 aliphatic carbocycles. The predicted octanol–water partition coefficient (Wildman–Crippen LogP) is 0.770. The fraction of sp³-hybridized carbons (Fsp3) is 0.385. The lowest BCUT2D eigenvalue weighted by molar-refractivity contribution is -0.122. The molecule has 2 rings (SSSR count). The lowest BCUT2D eigenvalue weighted by atomic mass is 10.1. The number of hydrogen-bond acceptors (Lipinski definition) is 3. The van der Waals surface area contributed by atoms with E-state index in [1.165, 1.54) is 0 Å². The molecule has 1 atom stereocenters. The molecular weight excluding hydrogens is 246 g/mol. The van der Waals surface area contributed by atoms with Gasteiger partial charge in [0.05, 0.1) is 6.04 Å². The molecule has 0 spiro atoms. The molecule has 1 heterocycles. The maximum absolute atomic E-state index is 11.4. The van der Waals surface area contributed by atoms with Crippen molar-refractivity contribution in [2.24, 2.45) is 11.5 Å². The van der Waals surface area contributed by atoms with Crippen LogP contribution in [-0.4, -0.2) is 28.4 Å². The number of primary amides is 1. The average Bonchev–Trinajstić information content (AvgIpc) is 2.77. The Morgan fingerprint density at radius 1 is 1.39 bits per heavy atom. The number of thiocarbonyl (C=S) groups is 1. The number of rotatable bonds is 4. The maximum Gasteiger partial charge on any atom is 0.234 e. The monoisotopic (exact) mass is 263 g/mol. The molecule has 4 nitrogen and oxygen atoms in total. The second kappa shape index (κ2) is 5.46. The number of carbonyl (C=O) groups is 1. The smallest absolute Gasteiger partial charge is 0.234 e. The third-order valence-electron chi connectivity index (χ3n) is 3.35. The van der Waals surface area contributed by atoms with Crippen molar-refractivity contribution in [1.82, 2.24) is 4.90 Å². The highest BCUT2D eigenvalue weighted by Crippen LogP contribution is 2.21. The van der Waals surface area contributed by atoms with Crippen molar-refractivity contribution in [2.45, 2.75) is 25.4 Å². The van der Waals surface area contributed by atoms with Gasteiger partial charge < -0.3 is 11.5 Å². The third-order valence-corrected chi connectivity index (χ3v) is 3.57. The van der Waals surface area contributed by atoms with Crippen LogP contribution in [-0.2, 0) is 11.3 Å². The van der Waals surface area contributed by atoms with E-state index in [1.54, 1.807) is 0 Å². The van der Waals surface area contributed by atoms with Gasteiger partial charge in [0.1, 0.15) is 4.99 Å². The Morgan fingerprint density at radius 2 is 2.11 bits per heavy atom. The molecule has 0 saturated carbocycles. The second-order valence-corrected chi connectivity index (χ2v) is 4.99. The lowest BCUT2D eigenvalue weighted by Gasteiger charge is -2.22. The molecule has 1 unspecified atom stereocenters. The van der Waals surface area contributed by atoms with Crippen molar-refractivity contribution in [3.05, 3.63) is 35.4 Å². The van der Waals surface area contributed by atoms with Gasteiger partial charge in [-0.25, -0.2) is 0 Å². The zero-order valence-corrected chi connectivity index (χ0v) is 11.0. The lowest BCUT2D eigenvalue weighted by Crippen LogP contribution is -2.40. The van der Waals surface area contributed by atoms with Crippen molar-refractivity contribution < 1.29 is 4.79 Å². The van der Waals surface area contributed by atoms with E-state index < -0.39 is 0 Å². The van der Waals surface area contributed by atoms with Crippen LogP contribution in [0.2, 0.25) is 0 Å². The molecule has 0 bridgehead atoms. The van der Waals surface area contributed by atoms with E-state index >= 15 is 0 Å². The van der Waals surface area contributed by atoms with Crippen LogP contribution in [0.15, 0.2) is 24.3 Å². The second-order valence-electron chi connectivity index (χ2n) is 4.55. The Morgan fingerprint density at radius 3 is 2.78 bits per heavy atom. The number of nitrogens with zero attached hydrogens (tertiary/aromatic N) is 1. The molecule has 18 heavy (non-hydrogen) atoms. The van der Waals surface area contributed by atoms with Crippen molar-refractivity contribution in [1.29, 1.82) is 0 Å². The minimum Gasteiger partial charge on any atom is -0.389 e. The van der Waals surface area contributed by atoms with Crippen LogP contribution in [0.4, 0.5) is 0 Å². The van der Waals surface area contributed by atoms with Gasteiger partial charge in [-0.2, -0.15) is 0 Å². The van der Waals surface area contributed by atoms with Crippen LogP contribution in [0.5, 0.6) is 0 Å². The van der Waals surface area contributed by atoms with Gasteiger partial charge in [-0.1, -0.05) is 36.5 Å². The molecule has 4 N–H and O–H groups in total. The summed E-state index contributed by atoms with van der Waals surface area (Å²) in [5.41, 5.74) is 13.0. The van der Waals surface area contributed by atoms with Crippen LogP contribution >= 0.6 is 12.2 Å². The minimum absolute atomic E-state index is 0.163. The Balaban J connectivity index is 2.19. The molecule has 1 aromatic carbocycles. The molecule has 1 aliphatic heterocycles. The summed E-state index contributed by atoms with van der Waals surface area (Å²) in [6.45, 7) is 1.56. The SMILES string of the molecule is NC(=O)C1CCCN1Cc1ccccc1C(N)=S. The molecule has 0 radical (unpaired) electrons. The Bertz CT molecular complexity index is 475. The van der Waals surface area contributed by atoms with Crippen molar-refractivity contribution in [2.75, 3.05) is 6.54 Å². The summed E-state index contributed by atoms with van der Waals surface area (Å²) >= 11 is 5.04. The average molecular weight is 263 g/mol. The van der Waals surface area contributed by atoms with E-state index in [4.69, 9.17) is 23.7 Å². The molecular formula is C13H17N3OS. The molecule has 1 saturated heterocycles. The fourth-order valence-corrected chi connectivity index (χ4v) is 2.65. The predicted molar refractivity (Wildman–Crippen MR) is 75.0 cm³/mol. The normalized spacial score (nSPS) is 19.9. The highest BCUT2D eigenvalue weighted by Gasteiger charge is 2.29. The first-order valence-corrected chi connectivity index (χ1v) is 6.41. The first-order chi connectivity index (χ1) is 8.59. The summed E-state index contributed by atoms with van der Waals surface area (Å²) in [5.74, 6) is -0.250. The summed E-state index contributed by atoms with van der Waals surface area (Å²) in [6.07, 6.45) is 1.84. The Hall–Kier alpha value is -1.46. The van der Waals surface area contributed by atoms with Crippen molar-refractivity contribution in [3.8, 4) is 0 Å². The fourth-order valence-electron chi connectivity index (χ4n) is 2.45. The largest absolute Gasteiger partial charge is 0.389 e. The molecule has 1 amide bonds. The van der Waals surface area contributed by atoms with E-state index in [2.05, 4.69) is 4.90 Å². The minimum atomic E-state index is -0.250. The molecule has 1 aliphatic rings. The van der Waals surface area contributed by atoms with E-state index in [0.717, 1.165) is 30.5 Å². The number of nitrogens with two attached hydrogens (primary N) is 2. The van der Waals surface area contributed by atoms with Gasteiger partial charge >= 0.3 is 0 Å². The van der Waals surface area contributed by atoms with Gasteiger partial charge in [-0.05, 0) is 24.9 Å². The van der Waals surface area contributed by atoms with E-state index in [9.17, 15) is 4.79 Å². The van der Waals surface area contributed by atoms with Gasteiger partial charge in [0, 0.05) is 12.1 Å². The van der Waals surface area contributed by atoms with Crippen LogP contribution in [0.1, 0.15) is 24.0 Å². The Kier molecular flexibility index (Phi) is 3.93. The van der Waals surface area contributed by atoms with Crippen LogP contribution < -0.4 is 11.5 Å². The molecule has 5 heteroatoms. The summed E-state index contributed by atoms with van der Waals surface area (Å²) in [6, 6.07) is 7.60. The zero-order valence-electron chi connectivity index (χ0n) is 10.1. The van der Waals surface area contributed by atoms with E-state index in [1.807, 2.05) is 24.3 Å². The third kappa shape index (κ3) is 2.68. The first kappa shape index (κ1) is 13.0. The summed E-state index contributed by atoms with van der Waals surface area (Å²) in [5, 5.41) is 0. The number of benzene rings is 1. The Labute approximate surface area is 112 Å². The van der Waals surface area contributed by atoms with E-state index in [0.29, 0.717) is 11.5 Å². The number of carbonyl (C=O) groups excluding carboxylic acids is 1. The summed E-state index contributed by atoms with van der Waals surface area (Å²) in [7, 11) is 0. The quantitative estimate of drug-likeness (QED) is 0.787. The van der Waals surface area contributed by atoms with Crippen LogP contribution in [0, 0.1) is 0 Å². The topological polar surface area (TPSA) is 72.4 Å². The summed E-state index contributed by atoms with van der Waals surface area (Å²) < 4.78 is 0. The standard InChI is InChI=1S/C13H17N3OS/c14-12(17)11-6-3-7-16(11)8-9-4-1-2-5-10(9)13(15)18/h1-2,4-5,11H,3,6-8H2,(H2,14,17)(H2,15,18). The highest BCUT2D eigenvalue weighted by molar-refractivity contribution is 7.80. The highest BCUT2D eigenvalue weighted by atomic mass is 32.1. The van der Waals surface area contributed by atoms with Gasteiger partial charge in [0.25, 0.3) is 0 Å². The van der Waals surface area contributed by atoms with Gasteiger partial charge in [0.15, 0.2) is 0 Å². The van der Waals surface area contributed by atoms with Crippen molar-refractivity contribution in [3.63, 3.8) is 0 Å². The van der Waals surface area contributed by atoms with Crippen molar-refractivity contribution >= 4 is 23.1 Å². The van der Waals surface area contributed by atoms with Crippen LogP contribution in [0.3, 0.4) is 0 Å². The number of likely N-dealkylation sites (tertiary alicyclic amines) is 1. The molecule has 1 fully saturated rings. The molecule has 96 valence electrons. The van der Waals surface area contributed by atoms with Gasteiger partial charge in [0.2, 0.25) is 5.91 Å². The van der Waals surface area contributed by atoms with Gasteiger partial charge in [-0.3, -0.25) is 9.69 Å². The summed E-state index contributed by atoms with van der Waals surface area (Å²) in [4.78, 5) is 13.8. The zero-order chi connectivity index (χ0) is 13.1. The molecule has 1 aromatic rings. The number of hydrogen-bond donors (Lipinski definition) is 2. The first-order valence-electron chi connectivity index (χ1n) is 6.00. The van der Waals surface area contributed by atoms with Gasteiger partial charge in [-0.15, -0.1) is 0 Å². The maximum atomic E-state index is 11.4.